The van der Waals surface area contributed by atoms with Crippen LogP contribution in [0.5, 0.6) is 0 Å². The average Bonchev–Trinajstić information content (AvgIpc) is 1.67. The first-order valence-electron chi connectivity index (χ1n) is 45.6. The average molecular weight is 1770 g/mol. The monoisotopic (exact) mass is 1770 g/mol. The van der Waals surface area contributed by atoms with Crippen LogP contribution in [-0.4, -0.2) is 49.0 Å². The lowest BCUT2D eigenvalue weighted by Crippen LogP contribution is -2.02. The summed E-state index contributed by atoms with van der Waals surface area (Å²) in [6.45, 7) is 0. The highest BCUT2D eigenvalue weighted by molar-refractivity contribution is 7.26. The molecule has 0 N–H and O–H groups in total. The molecule has 0 radical (unpaired) electrons. The van der Waals surface area contributed by atoms with Gasteiger partial charge in [-0.2, -0.15) is 0 Å². The molecule has 636 valence electrons. The van der Waals surface area contributed by atoms with Crippen LogP contribution in [0.3, 0.4) is 0 Å². The van der Waals surface area contributed by atoms with Gasteiger partial charge < -0.3 is 9.13 Å². The van der Waals surface area contributed by atoms with E-state index in [9.17, 15) is 0 Å². The van der Waals surface area contributed by atoms with Gasteiger partial charge in [-0.15, -0.1) is 22.7 Å². The van der Waals surface area contributed by atoms with Gasteiger partial charge in [0.15, 0.2) is 34.9 Å². The van der Waals surface area contributed by atoms with E-state index in [1.54, 1.807) is 0 Å². The number of aromatic nitrogens is 10. The summed E-state index contributed by atoms with van der Waals surface area (Å²) in [5.41, 5.74) is 29.2. The Labute approximate surface area is 792 Å². The molecule has 0 fully saturated rings. The Balaban J connectivity index is 0.000000145. The predicted molar refractivity (Wildman–Crippen MR) is 566 cm³/mol. The summed E-state index contributed by atoms with van der Waals surface area (Å²) in [6, 6.07) is 163. The van der Waals surface area contributed by atoms with E-state index in [2.05, 4.69) is 373 Å². The molecule has 10 nitrogen and oxygen atoms in total. The number of thiophene rings is 2. The van der Waals surface area contributed by atoms with Crippen LogP contribution in [-0.2, 0) is 0 Å². The fourth-order valence-corrected chi connectivity index (χ4v) is 21.7. The summed E-state index contributed by atoms with van der Waals surface area (Å²) in [5, 5.41) is 9.79. The third-order valence-electron chi connectivity index (χ3n) is 25.8. The highest BCUT2D eigenvalue weighted by Gasteiger charge is 2.27. The maximum atomic E-state index is 5.45. The van der Waals surface area contributed by atoms with Crippen molar-refractivity contribution in [3.63, 3.8) is 0 Å². The van der Waals surface area contributed by atoms with Crippen molar-refractivity contribution in [2.75, 3.05) is 0 Å². The molecular weight excluding hydrogens is 1690 g/mol. The molecule has 8 heterocycles. The van der Waals surface area contributed by atoms with Crippen molar-refractivity contribution in [2.45, 2.75) is 0 Å². The number of fused-ring (bicyclic) bond motifs is 12. The first-order chi connectivity index (χ1) is 67.4. The first kappa shape index (κ1) is 80.4. The number of rotatable bonds is 16. The van der Waals surface area contributed by atoms with Crippen molar-refractivity contribution in [3.8, 4) is 169 Å². The molecule has 0 atom stereocenters. The molecule has 26 aromatic rings. The van der Waals surface area contributed by atoms with Gasteiger partial charge in [-0.3, -0.25) is 9.97 Å². The molecule has 0 unspecified atom stereocenters. The predicted octanol–water partition coefficient (Wildman–Crippen LogP) is 32.8. The highest BCUT2D eigenvalue weighted by Crippen LogP contribution is 2.49. The molecule has 0 aliphatic rings. The Bertz CT molecular complexity index is 8940. The number of benzene rings is 18. The summed E-state index contributed by atoms with van der Waals surface area (Å²) in [6.07, 6.45) is 4.01. The second-order valence-electron chi connectivity index (χ2n) is 34.0. The maximum Gasteiger partial charge on any atom is 0.166 e. The normalized spacial score (nSPS) is 11.5. The van der Waals surface area contributed by atoms with E-state index in [-0.39, 0.29) is 0 Å². The molecule has 0 bridgehead atoms. The first-order valence-corrected chi connectivity index (χ1v) is 47.2. The quantitative estimate of drug-likeness (QED) is 0.0940. The van der Waals surface area contributed by atoms with Crippen LogP contribution in [0.1, 0.15) is 0 Å². The van der Waals surface area contributed by atoms with Crippen LogP contribution >= 0.6 is 22.7 Å². The topological polar surface area (TPSA) is 113 Å². The van der Waals surface area contributed by atoms with Crippen molar-refractivity contribution in [1.82, 2.24) is 49.0 Å². The molecule has 18 aromatic carbocycles. The molecule has 0 amide bonds. The number of nitrogens with zero attached hydrogens (tertiary/aromatic N) is 10. The van der Waals surface area contributed by atoms with Gasteiger partial charge in [-0.25, -0.2) is 29.9 Å². The molecule has 12 heteroatoms. The highest BCUT2D eigenvalue weighted by atomic mass is 32.1. The zero-order chi connectivity index (χ0) is 89.9. The van der Waals surface area contributed by atoms with E-state index < -0.39 is 0 Å². The minimum atomic E-state index is 0.554. The Morgan fingerprint density at radius 2 is 0.485 bits per heavy atom. The van der Waals surface area contributed by atoms with E-state index in [4.69, 9.17) is 39.9 Å². The molecule has 0 saturated heterocycles. The van der Waals surface area contributed by atoms with E-state index >= 15 is 0 Å². The van der Waals surface area contributed by atoms with E-state index in [0.29, 0.717) is 34.9 Å². The molecule has 0 saturated carbocycles. The summed E-state index contributed by atoms with van der Waals surface area (Å²) >= 11 is 3.63. The van der Waals surface area contributed by atoms with E-state index in [1.165, 1.54) is 95.9 Å². The SMILES string of the molecule is c1ccc(-c2nc(-c3ccccc3)nc(-c3cc(-c4ccc(-c5ccccc5)c(-c5ccccc5)c4)cnc3-c3ccc4c(c3)sc3cc5c6ccccc6n(-c6ccccc6)c5cc34)n2)cc1.c1ccc(-c2nc(-c3ccccc3)nc(-c3cc(-c4ccc(-c5ccccc5)c(-c5ccccc5)c4)cnc3-c3cccc4c3sc3cc5c6ccccc6n(-c6ccccc6)c5cc34)n2)cc1. The summed E-state index contributed by atoms with van der Waals surface area (Å²) in [4.78, 5) is 42.1. The summed E-state index contributed by atoms with van der Waals surface area (Å²) in [5.74, 6) is 3.51. The van der Waals surface area contributed by atoms with Crippen molar-refractivity contribution >= 4 is 107 Å². The van der Waals surface area contributed by atoms with Crippen molar-refractivity contribution in [3.05, 3.63) is 473 Å². The second kappa shape index (κ2) is 34.6. The lowest BCUT2D eigenvalue weighted by atomic mass is 9.91. The molecule has 26 rings (SSSR count). The van der Waals surface area contributed by atoms with Crippen molar-refractivity contribution < 1.29 is 0 Å². The van der Waals surface area contributed by atoms with Gasteiger partial charge in [0.1, 0.15) is 0 Å². The van der Waals surface area contributed by atoms with Gasteiger partial charge in [-0.05, 0) is 147 Å². The Morgan fingerprint density at radius 3 is 0.912 bits per heavy atom. The summed E-state index contributed by atoms with van der Waals surface area (Å²) in [7, 11) is 0. The van der Waals surface area contributed by atoms with Crippen LogP contribution < -0.4 is 0 Å². The second-order valence-corrected chi connectivity index (χ2v) is 36.1. The largest absolute Gasteiger partial charge is 0.309 e. The van der Waals surface area contributed by atoms with E-state index in [1.807, 2.05) is 132 Å². The fourth-order valence-electron chi connectivity index (χ4n) is 19.3. The van der Waals surface area contributed by atoms with Gasteiger partial charge in [0, 0.05) is 141 Å². The molecular formula is C124H78N10S2. The van der Waals surface area contributed by atoms with Crippen LogP contribution in [0.25, 0.3) is 253 Å². The molecule has 8 aromatic heterocycles. The van der Waals surface area contributed by atoms with Crippen molar-refractivity contribution in [1.29, 1.82) is 0 Å². The number of hydrogen-bond donors (Lipinski definition) is 0. The zero-order valence-corrected chi connectivity index (χ0v) is 75.0. The van der Waals surface area contributed by atoms with Gasteiger partial charge in [0.25, 0.3) is 0 Å². The molecule has 0 spiro atoms. The van der Waals surface area contributed by atoms with Gasteiger partial charge >= 0.3 is 0 Å². The van der Waals surface area contributed by atoms with Crippen molar-refractivity contribution in [2.24, 2.45) is 0 Å². The van der Waals surface area contributed by atoms with Crippen LogP contribution in [0.2, 0.25) is 0 Å². The van der Waals surface area contributed by atoms with Gasteiger partial charge in [-0.1, -0.05) is 370 Å². The van der Waals surface area contributed by atoms with E-state index in [0.717, 1.165) is 122 Å². The zero-order valence-electron chi connectivity index (χ0n) is 73.3. The van der Waals surface area contributed by atoms with Crippen LogP contribution in [0, 0.1) is 0 Å². The third kappa shape index (κ3) is 14.8. The number of para-hydroxylation sites is 4. The maximum absolute atomic E-state index is 5.45. The lowest BCUT2D eigenvalue weighted by Gasteiger charge is -2.16. The minimum absolute atomic E-state index is 0.554. The Hall–Kier alpha value is -17.7. The summed E-state index contributed by atoms with van der Waals surface area (Å²) < 4.78 is 9.59. The molecule has 0 aliphatic carbocycles. The van der Waals surface area contributed by atoms with Gasteiger partial charge in [0.2, 0.25) is 0 Å². The number of pyridine rings is 2. The molecule has 0 aliphatic heterocycles. The van der Waals surface area contributed by atoms with Gasteiger partial charge in [0.05, 0.1) is 33.5 Å². The Morgan fingerprint density at radius 1 is 0.162 bits per heavy atom. The molecule has 136 heavy (non-hydrogen) atoms. The lowest BCUT2D eigenvalue weighted by molar-refractivity contribution is 1.07. The van der Waals surface area contributed by atoms with Crippen LogP contribution in [0.4, 0.5) is 0 Å². The number of hydrogen-bond acceptors (Lipinski definition) is 10. The fraction of sp³-hybridized carbons (Fsp3) is 0. The Kier molecular flexibility index (Phi) is 20.4. The minimum Gasteiger partial charge on any atom is -0.309 e. The van der Waals surface area contributed by atoms with Crippen LogP contribution in [0.15, 0.2) is 473 Å². The standard InChI is InChI=1S/2C62H39N5S/c1-6-19-40(20-7-1)47-34-33-44(35-51(47)41-21-8-2-9-22-41)45-36-54(62-65-60(42-23-10-3-11-24-42)64-61(66-62)43-25-12-4-13-26-43)58(63-39-45)50-31-18-30-49-53-37-56-52(38-57(53)68-59(49)50)48-29-16-17-32-55(48)67(56)46-27-14-5-15-28-46;1-6-18-40(19-7-1)48-32-30-44(34-51(48)41-20-8-2-9-21-41)46-35-54(62-65-60(42-22-10-3-11-23-42)64-61(66-62)43-24-12-4-13-25-43)59(63-39-46)45-31-33-50-53-37-56-52(38-58(53)68-57(50)36-45)49-28-16-17-29-55(49)67(56)47-26-14-5-15-27-47/h2*1-39H. The third-order valence-corrected chi connectivity index (χ3v) is 28.1. The smallest absolute Gasteiger partial charge is 0.166 e.